The topological polar surface area (TPSA) is 41.8 Å². The third-order valence-corrected chi connectivity index (χ3v) is 2.43. The summed E-state index contributed by atoms with van der Waals surface area (Å²) in [6, 6.07) is 0. The Hall–Kier alpha value is -0.345. The molecule has 0 saturated carbocycles. The molecule has 0 saturated heterocycles. The molecule has 0 aromatic rings. The Morgan fingerprint density at radius 2 is 1.86 bits per heavy atom. The molecule has 0 aromatic heterocycles. The Labute approximate surface area is 87.8 Å². The van der Waals surface area contributed by atoms with Crippen LogP contribution in [0.15, 0.2) is 4.99 Å². The predicted molar refractivity (Wildman–Crippen MR) is 61.1 cm³/mol. The summed E-state index contributed by atoms with van der Waals surface area (Å²) in [6.45, 7) is 9.17. The van der Waals surface area contributed by atoms with E-state index < -0.39 is 11.2 Å². The van der Waals surface area contributed by atoms with Crippen LogP contribution in [0.3, 0.4) is 0 Å². The zero-order chi connectivity index (χ0) is 11.4. The van der Waals surface area contributed by atoms with E-state index in [9.17, 15) is 5.11 Å². The first-order chi connectivity index (χ1) is 6.20. The lowest BCUT2D eigenvalue weighted by atomic mass is 9.79. The lowest BCUT2D eigenvalue weighted by molar-refractivity contribution is -0.0905. The second kappa shape index (κ2) is 4.94. The van der Waals surface area contributed by atoms with Gasteiger partial charge in [0.1, 0.15) is 0 Å². The van der Waals surface area contributed by atoms with Crippen LogP contribution < -0.4 is 0 Å². The highest BCUT2D eigenvalue weighted by molar-refractivity contribution is 6.35. The number of aliphatic hydroxyl groups is 1. The van der Waals surface area contributed by atoms with Crippen LogP contribution in [0.1, 0.15) is 34.6 Å². The largest absolute Gasteiger partial charge is 0.432 e. The second-order valence-electron chi connectivity index (χ2n) is 4.59. The van der Waals surface area contributed by atoms with Gasteiger partial charge in [0, 0.05) is 7.05 Å². The molecule has 0 bridgehead atoms. The van der Waals surface area contributed by atoms with E-state index in [4.69, 9.17) is 4.65 Å². The van der Waals surface area contributed by atoms with Crippen LogP contribution in [0.2, 0.25) is 5.82 Å². The molecule has 4 heteroatoms. The van der Waals surface area contributed by atoms with Gasteiger partial charge in [-0.3, -0.25) is 0 Å². The number of nitrogens with zero attached hydrogens (tertiary/aromatic N) is 1. The molecule has 1 atom stereocenters. The third kappa shape index (κ3) is 4.25. The minimum Gasteiger partial charge on any atom is -0.432 e. The molecule has 0 fully saturated rings. The van der Waals surface area contributed by atoms with Crippen LogP contribution in [0, 0.1) is 0 Å². The second-order valence-corrected chi connectivity index (χ2v) is 4.59. The summed E-state index contributed by atoms with van der Waals surface area (Å²) in [4.78, 5) is 3.90. The van der Waals surface area contributed by atoms with Crippen LogP contribution in [-0.2, 0) is 4.65 Å². The molecule has 0 amide bonds. The highest BCUT2D eigenvalue weighted by atomic mass is 16.5. The van der Waals surface area contributed by atoms with Crippen molar-refractivity contribution in [3.8, 4) is 0 Å². The van der Waals surface area contributed by atoms with E-state index in [0.717, 1.165) is 0 Å². The average molecular weight is 198 g/mol. The number of rotatable bonds is 5. The molecule has 1 N–H and O–H groups in total. The summed E-state index contributed by atoms with van der Waals surface area (Å²) >= 11 is 0. The van der Waals surface area contributed by atoms with Crippen molar-refractivity contribution < 1.29 is 9.76 Å². The van der Waals surface area contributed by atoms with Gasteiger partial charge in [-0.1, -0.05) is 6.92 Å². The summed E-state index contributed by atoms with van der Waals surface area (Å²) in [5, 5.41) is 9.81. The van der Waals surface area contributed by atoms with Gasteiger partial charge in [0.15, 0.2) is 0 Å². The Morgan fingerprint density at radius 3 is 2.21 bits per heavy atom. The maximum absolute atomic E-state index is 9.81. The highest BCUT2D eigenvalue weighted by Gasteiger charge is 2.35. The molecule has 14 heavy (non-hydrogen) atoms. The number of hydrogen-bond acceptors (Lipinski definition) is 3. The van der Waals surface area contributed by atoms with Gasteiger partial charge in [0.2, 0.25) is 0 Å². The molecule has 81 valence electrons. The molecule has 0 aliphatic rings. The molecule has 0 aliphatic carbocycles. The van der Waals surface area contributed by atoms with Crippen LogP contribution in [0.5, 0.6) is 0 Å². The SMILES string of the molecule is CN=CC(C)[B]OC(C)(C)C(C)(C)O. The van der Waals surface area contributed by atoms with Gasteiger partial charge in [-0.15, -0.1) is 0 Å². The number of aliphatic imine (C=N–C) groups is 1. The zero-order valence-corrected chi connectivity index (χ0v) is 10.0. The molecular formula is C10H21BNO2. The Bertz CT molecular complexity index is 197. The average Bonchev–Trinajstić information content (AvgIpc) is 1.99. The van der Waals surface area contributed by atoms with Crippen LogP contribution >= 0.6 is 0 Å². The molecule has 1 unspecified atom stereocenters. The lowest BCUT2D eigenvalue weighted by Crippen LogP contribution is -2.48. The lowest BCUT2D eigenvalue weighted by Gasteiger charge is -2.38. The van der Waals surface area contributed by atoms with Crippen molar-refractivity contribution in [1.82, 2.24) is 0 Å². The Balaban J connectivity index is 4.12. The van der Waals surface area contributed by atoms with E-state index in [1.165, 1.54) is 0 Å². The van der Waals surface area contributed by atoms with Gasteiger partial charge in [-0.05, 0) is 39.7 Å². The fourth-order valence-corrected chi connectivity index (χ4v) is 0.692. The zero-order valence-electron chi connectivity index (χ0n) is 10.0. The summed E-state index contributed by atoms with van der Waals surface area (Å²) in [5.74, 6) is 0.154. The normalized spacial score (nSPS) is 15.9. The first-order valence-electron chi connectivity index (χ1n) is 4.86. The molecule has 0 spiro atoms. The van der Waals surface area contributed by atoms with Crippen molar-refractivity contribution in [3.63, 3.8) is 0 Å². The fourth-order valence-electron chi connectivity index (χ4n) is 0.692. The maximum Gasteiger partial charge on any atom is 0.302 e. The summed E-state index contributed by atoms with van der Waals surface area (Å²) < 4.78 is 5.54. The van der Waals surface area contributed by atoms with Gasteiger partial charge >= 0.3 is 7.48 Å². The van der Waals surface area contributed by atoms with Gasteiger partial charge < -0.3 is 14.8 Å². The standard InChI is InChI=1S/C10H21BNO2/c1-8(7-12-6)11-14-10(4,5)9(2,3)13/h7-8,13H,1-6H3. The summed E-state index contributed by atoms with van der Waals surface area (Å²) in [6.07, 6.45) is 1.79. The maximum atomic E-state index is 9.81. The Morgan fingerprint density at radius 1 is 1.36 bits per heavy atom. The third-order valence-electron chi connectivity index (χ3n) is 2.43. The van der Waals surface area contributed by atoms with E-state index in [-0.39, 0.29) is 5.82 Å². The molecular weight excluding hydrogens is 177 g/mol. The van der Waals surface area contributed by atoms with E-state index >= 15 is 0 Å². The minimum atomic E-state index is -0.868. The van der Waals surface area contributed by atoms with E-state index in [2.05, 4.69) is 4.99 Å². The quantitative estimate of drug-likeness (QED) is 0.539. The number of hydrogen-bond donors (Lipinski definition) is 1. The van der Waals surface area contributed by atoms with Crippen molar-refractivity contribution in [2.24, 2.45) is 4.99 Å². The molecule has 0 rings (SSSR count). The van der Waals surface area contributed by atoms with Gasteiger partial charge in [0.05, 0.1) is 11.2 Å². The van der Waals surface area contributed by atoms with Crippen LogP contribution in [-0.4, -0.2) is 37.1 Å². The van der Waals surface area contributed by atoms with E-state index in [1.807, 2.05) is 20.8 Å². The molecule has 0 heterocycles. The van der Waals surface area contributed by atoms with Gasteiger partial charge in [-0.25, -0.2) is 0 Å². The van der Waals surface area contributed by atoms with Gasteiger partial charge in [0.25, 0.3) is 0 Å². The summed E-state index contributed by atoms with van der Waals surface area (Å²) in [5.41, 5.74) is -1.46. The van der Waals surface area contributed by atoms with Crippen molar-refractivity contribution >= 4 is 13.7 Å². The van der Waals surface area contributed by atoms with Crippen molar-refractivity contribution in [1.29, 1.82) is 0 Å². The minimum absolute atomic E-state index is 0.154. The summed E-state index contributed by atoms with van der Waals surface area (Å²) in [7, 11) is 3.43. The molecule has 3 nitrogen and oxygen atoms in total. The predicted octanol–water partition coefficient (Wildman–Crippen LogP) is 1.68. The van der Waals surface area contributed by atoms with E-state index in [1.54, 1.807) is 34.6 Å². The van der Waals surface area contributed by atoms with Crippen molar-refractivity contribution in [2.75, 3.05) is 7.05 Å². The smallest absolute Gasteiger partial charge is 0.302 e. The fraction of sp³-hybridized carbons (Fsp3) is 0.900. The molecule has 0 aromatic carbocycles. The first kappa shape index (κ1) is 13.7. The van der Waals surface area contributed by atoms with Crippen molar-refractivity contribution in [2.45, 2.75) is 51.6 Å². The molecule has 0 aliphatic heterocycles. The van der Waals surface area contributed by atoms with E-state index in [0.29, 0.717) is 0 Å². The van der Waals surface area contributed by atoms with Crippen molar-refractivity contribution in [3.05, 3.63) is 0 Å². The monoisotopic (exact) mass is 198 g/mol. The van der Waals surface area contributed by atoms with Crippen LogP contribution in [0.25, 0.3) is 0 Å². The van der Waals surface area contributed by atoms with Gasteiger partial charge in [-0.2, -0.15) is 0 Å². The highest BCUT2D eigenvalue weighted by Crippen LogP contribution is 2.25. The molecule has 1 radical (unpaired) electrons. The first-order valence-corrected chi connectivity index (χ1v) is 4.86. The van der Waals surface area contributed by atoms with Crippen LogP contribution in [0.4, 0.5) is 0 Å². The Kier molecular flexibility index (Phi) is 4.82.